The van der Waals surface area contributed by atoms with Gasteiger partial charge in [-0.2, -0.15) is 0 Å². The third kappa shape index (κ3) is 1.71. The second-order valence-electron chi connectivity index (χ2n) is 5.17. The summed E-state index contributed by atoms with van der Waals surface area (Å²) in [6, 6.07) is 2.55. The quantitative estimate of drug-likeness (QED) is 0.909. The molecule has 1 N–H and O–H groups in total. The van der Waals surface area contributed by atoms with Crippen molar-refractivity contribution in [1.29, 1.82) is 0 Å². The molecule has 0 bridgehead atoms. The third-order valence-corrected chi connectivity index (χ3v) is 4.18. The van der Waals surface area contributed by atoms with Gasteiger partial charge in [0.05, 0.1) is 10.4 Å². The van der Waals surface area contributed by atoms with E-state index < -0.39 is 35.8 Å². The Labute approximate surface area is 117 Å². The van der Waals surface area contributed by atoms with Gasteiger partial charge in [-0.25, -0.2) is 8.78 Å². The topological polar surface area (TPSA) is 57.6 Å². The van der Waals surface area contributed by atoms with Crippen LogP contribution in [0.3, 0.4) is 0 Å². The fourth-order valence-corrected chi connectivity index (χ4v) is 3.01. The van der Waals surface area contributed by atoms with Crippen molar-refractivity contribution < 1.29 is 23.5 Å². The summed E-state index contributed by atoms with van der Waals surface area (Å²) in [4.78, 5) is 24.0. The lowest BCUT2D eigenvalue weighted by Gasteiger charge is -2.34. The summed E-state index contributed by atoms with van der Waals surface area (Å²) in [6.07, 6.45) is -1.22. The number of carboxylic acids is 1. The molecule has 0 unspecified atom stereocenters. The van der Waals surface area contributed by atoms with Gasteiger partial charge in [-0.15, -0.1) is 0 Å². The molecule has 1 aliphatic heterocycles. The van der Waals surface area contributed by atoms with E-state index in [0.717, 1.165) is 4.90 Å². The van der Waals surface area contributed by atoms with Crippen molar-refractivity contribution in [3.8, 4) is 0 Å². The first-order valence-electron chi connectivity index (χ1n) is 6.00. The van der Waals surface area contributed by atoms with Crippen molar-refractivity contribution in [3.05, 3.63) is 34.1 Å². The minimum Gasteiger partial charge on any atom is -0.480 e. The highest BCUT2D eigenvalue weighted by atomic mass is 35.5. The van der Waals surface area contributed by atoms with Crippen molar-refractivity contribution in [1.82, 2.24) is 4.90 Å². The van der Waals surface area contributed by atoms with E-state index in [-0.39, 0.29) is 29.1 Å². The zero-order valence-corrected chi connectivity index (χ0v) is 11.0. The van der Waals surface area contributed by atoms with E-state index in [1.807, 2.05) is 0 Å². The molecule has 1 heterocycles. The number of benzene rings is 1. The summed E-state index contributed by atoms with van der Waals surface area (Å²) in [7, 11) is 0. The normalized spacial score (nSPS) is 27.6. The molecule has 3 rings (SSSR count). The van der Waals surface area contributed by atoms with Crippen LogP contribution in [0.1, 0.15) is 22.3 Å². The molecular formula is C13H10ClF2NO3. The van der Waals surface area contributed by atoms with Gasteiger partial charge in [0.2, 0.25) is 0 Å². The van der Waals surface area contributed by atoms with Gasteiger partial charge in [-0.3, -0.25) is 9.59 Å². The Hall–Kier alpha value is -1.69. The Morgan fingerprint density at radius 1 is 1.55 bits per heavy atom. The molecule has 106 valence electrons. The molecule has 2 atom stereocenters. The van der Waals surface area contributed by atoms with E-state index >= 15 is 0 Å². The van der Waals surface area contributed by atoms with Gasteiger partial charge < -0.3 is 10.0 Å². The lowest BCUT2D eigenvalue weighted by atomic mass is 9.85. The number of halogens is 3. The summed E-state index contributed by atoms with van der Waals surface area (Å²) < 4.78 is 28.0. The predicted octanol–water partition coefficient (Wildman–Crippen LogP) is 2.00. The largest absolute Gasteiger partial charge is 0.480 e. The lowest BCUT2D eigenvalue weighted by Crippen LogP contribution is -2.47. The van der Waals surface area contributed by atoms with Crippen molar-refractivity contribution in [3.63, 3.8) is 0 Å². The SMILES string of the molecule is O=C(O)CN1C[C@@]2(C[C@@H]2F)c2c(ccc(Cl)c2F)C1=O. The molecular weight excluding hydrogens is 292 g/mol. The average Bonchev–Trinajstić information content (AvgIpc) is 2.99. The van der Waals surface area contributed by atoms with E-state index in [4.69, 9.17) is 16.7 Å². The number of alkyl halides is 1. The number of aliphatic carboxylic acids is 1. The number of nitrogens with zero attached hydrogens (tertiary/aromatic N) is 1. The van der Waals surface area contributed by atoms with E-state index in [9.17, 15) is 18.4 Å². The number of hydrogen-bond donors (Lipinski definition) is 1. The molecule has 1 fully saturated rings. The molecule has 1 aromatic rings. The number of carbonyl (C=O) groups is 2. The van der Waals surface area contributed by atoms with Gasteiger partial charge in [-0.1, -0.05) is 11.6 Å². The van der Waals surface area contributed by atoms with Crippen LogP contribution in [-0.4, -0.2) is 41.1 Å². The van der Waals surface area contributed by atoms with Crippen LogP contribution in [0.4, 0.5) is 8.78 Å². The summed E-state index contributed by atoms with van der Waals surface area (Å²) in [5.74, 6) is -2.59. The molecule has 1 saturated carbocycles. The van der Waals surface area contributed by atoms with Gasteiger partial charge in [0.1, 0.15) is 18.5 Å². The molecule has 7 heteroatoms. The standard InChI is InChI=1S/C13H10ClF2NO3/c14-7-2-1-6-10(11(7)16)13(3-8(13)15)5-17(12(6)20)4-9(18)19/h1-2,8H,3-5H2,(H,18,19)/t8-,13+/m0/s1. The Bertz CT molecular complexity index is 636. The highest BCUT2D eigenvalue weighted by molar-refractivity contribution is 6.31. The molecule has 0 radical (unpaired) electrons. The predicted molar refractivity (Wildman–Crippen MR) is 66.1 cm³/mol. The van der Waals surface area contributed by atoms with Crippen LogP contribution in [0, 0.1) is 5.82 Å². The van der Waals surface area contributed by atoms with Crippen LogP contribution >= 0.6 is 11.6 Å². The zero-order valence-electron chi connectivity index (χ0n) is 10.2. The fraction of sp³-hybridized carbons (Fsp3) is 0.385. The first-order valence-corrected chi connectivity index (χ1v) is 6.38. The number of amides is 1. The van der Waals surface area contributed by atoms with Crippen LogP contribution in [0.15, 0.2) is 12.1 Å². The van der Waals surface area contributed by atoms with Crippen molar-refractivity contribution in [2.75, 3.05) is 13.1 Å². The summed E-state index contributed by atoms with van der Waals surface area (Å²) >= 11 is 5.70. The highest BCUT2D eigenvalue weighted by Gasteiger charge is 2.62. The minimum atomic E-state index is -1.29. The molecule has 2 aliphatic rings. The molecule has 1 amide bonds. The number of hydrogen-bond acceptors (Lipinski definition) is 2. The van der Waals surface area contributed by atoms with Crippen molar-refractivity contribution in [2.24, 2.45) is 0 Å². The number of carbonyl (C=O) groups excluding carboxylic acids is 1. The van der Waals surface area contributed by atoms with Crippen LogP contribution in [0.25, 0.3) is 0 Å². The van der Waals surface area contributed by atoms with Crippen LogP contribution in [0.2, 0.25) is 5.02 Å². The van der Waals surface area contributed by atoms with E-state index in [1.54, 1.807) is 0 Å². The minimum absolute atomic E-state index is 0.000417. The number of rotatable bonds is 2. The number of fused-ring (bicyclic) bond motifs is 2. The molecule has 20 heavy (non-hydrogen) atoms. The molecule has 1 aliphatic carbocycles. The van der Waals surface area contributed by atoms with Crippen LogP contribution in [0.5, 0.6) is 0 Å². The Morgan fingerprint density at radius 3 is 2.75 bits per heavy atom. The summed E-state index contributed by atoms with van der Waals surface area (Å²) in [5.41, 5.74) is -1.16. The van der Waals surface area contributed by atoms with Gasteiger partial charge in [0.25, 0.3) is 5.91 Å². The molecule has 0 saturated heterocycles. The molecule has 1 aromatic carbocycles. The van der Waals surface area contributed by atoms with E-state index in [0.29, 0.717) is 0 Å². The van der Waals surface area contributed by atoms with E-state index in [1.165, 1.54) is 12.1 Å². The van der Waals surface area contributed by atoms with Crippen molar-refractivity contribution >= 4 is 23.5 Å². The van der Waals surface area contributed by atoms with Crippen LogP contribution < -0.4 is 0 Å². The maximum atomic E-state index is 14.2. The van der Waals surface area contributed by atoms with Gasteiger partial charge in [-0.05, 0) is 18.6 Å². The molecule has 0 aromatic heterocycles. The van der Waals surface area contributed by atoms with Gasteiger partial charge in [0, 0.05) is 17.7 Å². The maximum absolute atomic E-state index is 14.2. The average molecular weight is 302 g/mol. The molecule has 1 spiro atoms. The second-order valence-corrected chi connectivity index (χ2v) is 5.57. The Kier molecular flexibility index (Phi) is 2.76. The van der Waals surface area contributed by atoms with E-state index in [2.05, 4.69) is 0 Å². The molecule has 4 nitrogen and oxygen atoms in total. The smallest absolute Gasteiger partial charge is 0.323 e. The van der Waals surface area contributed by atoms with Gasteiger partial charge in [0.15, 0.2) is 0 Å². The number of carboxylic acid groups (broad SMARTS) is 1. The summed E-state index contributed by atoms with van der Waals surface area (Å²) in [5, 5.41) is 8.64. The van der Waals surface area contributed by atoms with Crippen molar-refractivity contribution in [2.45, 2.75) is 18.0 Å². The monoisotopic (exact) mass is 301 g/mol. The second kappa shape index (κ2) is 4.15. The maximum Gasteiger partial charge on any atom is 0.323 e. The lowest BCUT2D eigenvalue weighted by molar-refractivity contribution is -0.137. The third-order valence-electron chi connectivity index (χ3n) is 3.89. The summed E-state index contributed by atoms with van der Waals surface area (Å²) in [6.45, 7) is -0.666. The van der Waals surface area contributed by atoms with Gasteiger partial charge >= 0.3 is 5.97 Å². The Morgan fingerprint density at radius 2 is 2.20 bits per heavy atom. The highest BCUT2D eigenvalue weighted by Crippen LogP contribution is 2.55. The van der Waals surface area contributed by atoms with Crippen LogP contribution in [-0.2, 0) is 10.2 Å². The fourth-order valence-electron chi connectivity index (χ4n) is 2.85. The zero-order chi connectivity index (χ0) is 14.7. The Balaban J connectivity index is 2.13. The first kappa shape index (κ1) is 13.3. The first-order chi connectivity index (χ1) is 9.36.